The van der Waals surface area contributed by atoms with Crippen molar-refractivity contribution in [3.05, 3.63) is 29.6 Å². The second-order valence-electron chi connectivity index (χ2n) is 10.5. The average Bonchev–Trinajstić information content (AvgIpc) is 3.09. The molecule has 0 atom stereocenters. The summed E-state index contributed by atoms with van der Waals surface area (Å²) in [6.07, 6.45) is 1.25. The van der Waals surface area contributed by atoms with Gasteiger partial charge in [0.05, 0.1) is 0 Å². The highest BCUT2D eigenvalue weighted by molar-refractivity contribution is 6.61. The van der Waals surface area contributed by atoms with Gasteiger partial charge in [-0.2, -0.15) is 0 Å². The lowest BCUT2D eigenvalue weighted by Crippen LogP contribution is -2.47. The minimum absolute atomic E-state index is 0.0511. The maximum atomic E-state index is 12.6. The molecule has 0 spiro atoms. The third-order valence-corrected chi connectivity index (χ3v) is 13.0. The zero-order valence-corrected chi connectivity index (χ0v) is 32.6. The standard InChI is InChI=1S/C31H59N7O10Si2/c1-7-43-49(44-8-2,45-9-3)24-14-18-34-30(41)36-22-20-32-28(39)26-16-13-17-27(38-26)29(40)33-21-23-37-31(42)35-19-15-25-50(46-10-4,47-11-5)48-12-6/h13,16-17H,7-12,14-15,18-25H2,1-6H3,(H,32,39)(H,33,40)(H2,34,36,41)(H2,35,37,42). The number of hydrogen-bond acceptors (Lipinski definition) is 11. The van der Waals surface area contributed by atoms with Crippen molar-refractivity contribution in [1.29, 1.82) is 0 Å². The smallest absolute Gasteiger partial charge is 0.374 e. The van der Waals surface area contributed by atoms with Crippen molar-refractivity contribution in [2.75, 3.05) is 78.9 Å². The Hall–Kier alpha value is -3.18. The van der Waals surface area contributed by atoms with Crippen LogP contribution < -0.4 is 31.9 Å². The van der Waals surface area contributed by atoms with Gasteiger partial charge in [0, 0.05) is 91.0 Å². The Morgan fingerprint density at radius 1 is 0.500 bits per heavy atom. The highest BCUT2D eigenvalue weighted by Crippen LogP contribution is 2.18. The summed E-state index contributed by atoms with van der Waals surface area (Å²) < 4.78 is 34.9. The second kappa shape index (κ2) is 26.6. The molecule has 6 N–H and O–H groups in total. The van der Waals surface area contributed by atoms with Gasteiger partial charge in [-0.1, -0.05) is 6.07 Å². The quantitative estimate of drug-likeness (QED) is 0.0540. The number of carbonyl (C=O) groups is 4. The zero-order chi connectivity index (χ0) is 37.1. The molecule has 1 aromatic heterocycles. The fraction of sp³-hybridized carbons (Fsp3) is 0.710. The van der Waals surface area contributed by atoms with Crippen molar-refractivity contribution in [3.63, 3.8) is 0 Å². The van der Waals surface area contributed by atoms with Gasteiger partial charge < -0.3 is 58.5 Å². The predicted octanol–water partition coefficient (Wildman–Crippen LogP) is 2.02. The van der Waals surface area contributed by atoms with Crippen molar-refractivity contribution in [2.45, 2.75) is 66.5 Å². The largest absolute Gasteiger partial charge is 0.500 e. The van der Waals surface area contributed by atoms with E-state index in [4.69, 9.17) is 26.6 Å². The molecule has 0 aliphatic carbocycles. The molecule has 0 bridgehead atoms. The lowest BCUT2D eigenvalue weighted by Gasteiger charge is -2.28. The number of nitrogens with zero attached hydrogens (tertiary/aromatic N) is 1. The molecule has 0 aromatic carbocycles. The van der Waals surface area contributed by atoms with Crippen LogP contribution in [-0.4, -0.2) is 125 Å². The van der Waals surface area contributed by atoms with Crippen molar-refractivity contribution in [2.24, 2.45) is 0 Å². The number of urea groups is 2. The Balaban J connectivity index is 2.34. The zero-order valence-electron chi connectivity index (χ0n) is 30.6. The third kappa shape index (κ3) is 18.2. The van der Waals surface area contributed by atoms with Gasteiger partial charge in [-0.25, -0.2) is 14.6 Å². The third-order valence-electron chi connectivity index (χ3n) is 6.68. The summed E-state index contributed by atoms with van der Waals surface area (Å²) in [5.74, 6) is -0.985. The molecular formula is C31H59N7O10Si2. The molecule has 1 rings (SSSR count). The molecule has 19 heteroatoms. The van der Waals surface area contributed by atoms with E-state index in [0.717, 1.165) is 0 Å². The lowest BCUT2D eigenvalue weighted by atomic mass is 10.2. The van der Waals surface area contributed by atoms with E-state index in [1.807, 2.05) is 41.5 Å². The highest BCUT2D eigenvalue weighted by Gasteiger charge is 2.40. The fourth-order valence-corrected chi connectivity index (χ4v) is 9.94. The first-order valence-corrected chi connectivity index (χ1v) is 21.4. The summed E-state index contributed by atoms with van der Waals surface area (Å²) in [4.78, 5) is 53.6. The Morgan fingerprint density at radius 3 is 1.12 bits per heavy atom. The van der Waals surface area contributed by atoms with E-state index < -0.39 is 29.4 Å². The number of carbonyl (C=O) groups excluding carboxylic acids is 4. The van der Waals surface area contributed by atoms with Crippen LogP contribution in [0.25, 0.3) is 0 Å². The van der Waals surface area contributed by atoms with Gasteiger partial charge in [0.15, 0.2) is 0 Å². The van der Waals surface area contributed by atoms with Crippen molar-refractivity contribution < 1.29 is 45.7 Å². The second-order valence-corrected chi connectivity index (χ2v) is 15.9. The maximum Gasteiger partial charge on any atom is 0.500 e. The Morgan fingerprint density at radius 2 is 0.800 bits per heavy atom. The maximum absolute atomic E-state index is 12.6. The number of aromatic nitrogens is 1. The highest BCUT2D eigenvalue weighted by atomic mass is 28.4. The molecule has 0 unspecified atom stereocenters. The molecule has 1 aromatic rings. The molecule has 0 saturated heterocycles. The Labute approximate surface area is 298 Å². The monoisotopic (exact) mass is 745 g/mol. The van der Waals surface area contributed by atoms with Crippen molar-refractivity contribution in [1.82, 2.24) is 36.9 Å². The van der Waals surface area contributed by atoms with E-state index in [-0.39, 0.29) is 49.6 Å². The van der Waals surface area contributed by atoms with Crippen LogP contribution >= 0.6 is 0 Å². The summed E-state index contributed by atoms with van der Waals surface area (Å²) in [6.45, 7) is 15.8. The number of amides is 6. The van der Waals surface area contributed by atoms with Gasteiger partial charge in [-0.3, -0.25) is 9.59 Å². The molecule has 17 nitrogen and oxygen atoms in total. The normalized spacial score (nSPS) is 11.5. The summed E-state index contributed by atoms with van der Waals surface area (Å²) >= 11 is 0. The van der Waals surface area contributed by atoms with Crippen LogP contribution in [0.3, 0.4) is 0 Å². The Bertz CT molecular complexity index is 1020. The molecule has 1 heterocycles. The number of nitrogens with one attached hydrogen (secondary N) is 6. The first-order valence-electron chi connectivity index (χ1n) is 17.5. The van der Waals surface area contributed by atoms with Crippen molar-refractivity contribution >= 4 is 41.5 Å². The van der Waals surface area contributed by atoms with E-state index in [2.05, 4.69) is 36.9 Å². The van der Waals surface area contributed by atoms with Gasteiger partial charge in [0.25, 0.3) is 11.8 Å². The minimum atomic E-state index is -2.76. The molecular weight excluding hydrogens is 687 g/mol. The van der Waals surface area contributed by atoms with Gasteiger partial charge in [-0.15, -0.1) is 0 Å². The van der Waals surface area contributed by atoms with Crippen LogP contribution in [0.2, 0.25) is 12.1 Å². The molecule has 286 valence electrons. The van der Waals surface area contributed by atoms with E-state index in [1.54, 1.807) is 6.07 Å². The van der Waals surface area contributed by atoms with E-state index in [9.17, 15) is 19.2 Å². The topological polar surface area (TPSA) is 209 Å². The van der Waals surface area contributed by atoms with Gasteiger partial charge in [0.1, 0.15) is 11.4 Å². The van der Waals surface area contributed by atoms with Crippen LogP contribution in [0.5, 0.6) is 0 Å². The number of rotatable bonds is 28. The lowest BCUT2D eigenvalue weighted by molar-refractivity contribution is 0.0700. The van der Waals surface area contributed by atoms with E-state index >= 15 is 0 Å². The van der Waals surface area contributed by atoms with E-state index in [0.29, 0.717) is 77.7 Å². The van der Waals surface area contributed by atoms with Crippen LogP contribution in [0.1, 0.15) is 75.4 Å². The molecule has 6 amide bonds. The fourth-order valence-electron chi connectivity index (χ4n) is 4.71. The number of hydrogen-bond donors (Lipinski definition) is 6. The first-order chi connectivity index (χ1) is 24.1. The van der Waals surface area contributed by atoms with Crippen LogP contribution in [0, 0.1) is 0 Å². The summed E-state index contributed by atoms with van der Waals surface area (Å²) in [5, 5.41) is 16.3. The molecule has 0 aliphatic rings. The molecule has 0 saturated carbocycles. The minimum Gasteiger partial charge on any atom is -0.374 e. The van der Waals surface area contributed by atoms with E-state index in [1.165, 1.54) is 12.1 Å². The summed E-state index contributed by atoms with van der Waals surface area (Å²) in [6, 6.07) is 4.94. The summed E-state index contributed by atoms with van der Waals surface area (Å²) in [5.41, 5.74) is 0.102. The summed E-state index contributed by atoms with van der Waals surface area (Å²) in [7, 11) is -5.52. The van der Waals surface area contributed by atoms with Crippen LogP contribution in [0.4, 0.5) is 9.59 Å². The average molecular weight is 746 g/mol. The first kappa shape index (κ1) is 44.8. The molecule has 0 radical (unpaired) electrons. The van der Waals surface area contributed by atoms with Crippen LogP contribution in [-0.2, 0) is 26.6 Å². The number of pyridine rings is 1. The molecule has 50 heavy (non-hydrogen) atoms. The Kier molecular flexibility index (Phi) is 23.9. The molecule has 0 fully saturated rings. The SMILES string of the molecule is CCO[Si](CCCNC(=O)NCCNC(=O)c1cccc(C(=O)NCCNC(=O)NCCC[Si](OCC)(OCC)OCC)n1)(OCC)OCC. The van der Waals surface area contributed by atoms with Gasteiger partial charge >= 0.3 is 29.7 Å². The van der Waals surface area contributed by atoms with Crippen LogP contribution in [0.15, 0.2) is 18.2 Å². The molecule has 0 aliphatic heterocycles. The van der Waals surface area contributed by atoms with Gasteiger partial charge in [-0.05, 0) is 66.5 Å². The van der Waals surface area contributed by atoms with Crippen molar-refractivity contribution in [3.8, 4) is 0 Å². The van der Waals surface area contributed by atoms with Gasteiger partial charge in [0.2, 0.25) is 0 Å². The predicted molar refractivity (Wildman–Crippen MR) is 192 cm³/mol.